The van der Waals surface area contributed by atoms with E-state index in [1.165, 1.54) is 23.9 Å². The number of thioether (sulfide) groups is 1. The molecule has 31 heavy (non-hydrogen) atoms. The number of carbonyl (C=O) groups is 1. The molecule has 4 rings (SSSR count). The molecular weight excluding hydrogens is 437 g/mol. The van der Waals surface area contributed by atoms with Crippen molar-refractivity contribution in [3.63, 3.8) is 0 Å². The van der Waals surface area contributed by atoms with E-state index >= 15 is 0 Å². The van der Waals surface area contributed by atoms with Gasteiger partial charge in [0.05, 0.1) is 16.0 Å². The van der Waals surface area contributed by atoms with Crippen LogP contribution in [0.25, 0.3) is 5.69 Å². The lowest BCUT2D eigenvalue weighted by atomic mass is 10.2. The summed E-state index contributed by atoms with van der Waals surface area (Å²) in [5, 5.41) is 12.5. The monoisotopic (exact) mass is 459 g/mol. The molecule has 2 aromatic carbocycles. The molecule has 6 nitrogen and oxygen atoms in total. The Balaban J connectivity index is 1.52. The number of carbonyl (C=O) groups excluding carboxylic acids is 1. The van der Waals surface area contributed by atoms with Gasteiger partial charge in [-0.2, -0.15) is 0 Å². The largest absolute Gasteiger partial charge is 0.351 e. The van der Waals surface area contributed by atoms with Crippen molar-refractivity contribution < 1.29 is 9.18 Å². The number of hydrogen-bond donors (Lipinski definition) is 1. The van der Waals surface area contributed by atoms with Crippen LogP contribution >= 0.6 is 23.4 Å². The first-order valence-corrected chi connectivity index (χ1v) is 11.4. The number of para-hydroxylation sites is 1. The second-order valence-corrected chi connectivity index (χ2v) is 9.08. The summed E-state index contributed by atoms with van der Waals surface area (Å²) in [5.41, 5.74) is 1.62. The normalized spacial score (nSPS) is 14.6. The van der Waals surface area contributed by atoms with E-state index < -0.39 is 5.25 Å². The van der Waals surface area contributed by atoms with Crippen molar-refractivity contribution >= 4 is 35.2 Å². The van der Waals surface area contributed by atoms with Gasteiger partial charge in [0.2, 0.25) is 11.9 Å². The second kappa shape index (κ2) is 9.70. The van der Waals surface area contributed by atoms with E-state index in [-0.39, 0.29) is 11.7 Å². The number of anilines is 1. The summed E-state index contributed by atoms with van der Waals surface area (Å²) in [7, 11) is 0. The fraction of sp³-hybridized carbons (Fsp3) is 0.318. The van der Waals surface area contributed by atoms with Crippen LogP contribution in [0.2, 0.25) is 5.02 Å². The van der Waals surface area contributed by atoms with Crippen LogP contribution < -0.4 is 10.2 Å². The number of benzene rings is 2. The highest BCUT2D eigenvalue weighted by Gasteiger charge is 2.26. The van der Waals surface area contributed by atoms with Crippen molar-refractivity contribution in [2.75, 3.05) is 18.0 Å². The highest BCUT2D eigenvalue weighted by atomic mass is 35.5. The number of aromatic nitrogens is 3. The van der Waals surface area contributed by atoms with E-state index in [1.54, 1.807) is 12.1 Å². The molecule has 0 spiro atoms. The molecule has 1 fully saturated rings. The van der Waals surface area contributed by atoms with Crippen LogP contribution in [0.1, 0.15) is 25.3 Å². The molecular formula is C22H23ClFN5OS. The van der Waals surface area contributed by atoms with Gasteiger partial charge in [-0.15, -0.1) is 10.2 Å². The van der Waals surface area contributed by atoms with E-state index in [1.807, 2.05) is 35.8 Å². The van der Waals surface area contributed by atoms with Crippen molar-refractivity contribution in [3.05, 3.63) is 64.9 Å². The standard InChI is InChI=1S/C22H23ClFN5OS/c1-15(20(30)25-14-16-8-10-17(24)11-9-16)31-22-27-26-21(28-12-4-5-13-28)29(22)19-7-3-2-6-18(19)23/h2-3,6-11,15H,4-5,12-14H2,1H3,(H,25,30). The SMILES string of the molecule is CC(Sc1nnc(N2CCCC2)n1-c1ccccc1Cl)C(=O)NCc1ccc(F)cc1. The smallest absolute Gasteiger partial charge is 0.233 e. The fourth-order valence-electron chi connectivity index (χ4n) is 3.45. The van der Waals surface area contributed by atoms with Gasteiger partial charge in [0.15, 0.2) is 5.16 Å². The number of amides is 1. The van der Waals surface area contributed by atoms with Crippen LogP contribution in [0.15, 0.2) is 53.7 Å². The highest BCUT2D eigenvalue weighted by Crippen LogP contribution is 2.33. The Morgan fingerprint density at radius 1 is 1.16 bits per heavy atom. The summed E-state index contributed by atoms with van der Waals surface area (Å²) in [4.78, 5) is 14.9. The molecule has 1 N–H and O–H groups in total. The van der Waals surface area contributed by atoms with Crippen molar-refractivity contribution in [2.24, 2.45) is 0 Å². The molecule has 0 bridgehead atoms. The van der Waals surface area contributed by atoms with Gasteiger partial charge in [-0.1, -0.05) is 47.6 Å². The molecule has 1 aliphatic heterocycles. The molecule has 1 aromatic heterocycles. The van der Waals surface area contributed by atoms with Crippen LogP contribution in [0.4, 0.5) is 10.3 Å². The third-order valence-electron chi connectivity index (χ3n) is 5.13. The molecule has 1 aliphatic rings. The zero-order chi connectivity index (χ0) is 21.8. The summed E-state index contributed by atoms with van der Waals surface area (Å²) >= 11 is 7.81. The molecule has 0 aliphatic carbocycles. The van der Waals surface area contributed by atoms with Crippen molar-refractivity contribution in [1.29, 1.82) is 0 Å². The van der Waals surface area contributed by atoms with Crippen LogP contribution in [0, 0.1) is 5.82 Å². The van der Waals surface area contributed by atoms with E-state index in [2.05, 4.69) is 20.4 Å². The zero-order valence-electron chi connectivity index (χ0n) is 17.1. The molecule has 9 heteroatoms. The first kappa shape index (κ1) is 21.6. The summed E-state index contributed by atoms with van der Waals surface area (Å²) in [6.07, 6.45) is 2.22. The quantitative estimate of drug-likeness (QED) is 0.528. The number of rotatable bonds is 7. The van der Waals surface area contributed by atoms with Gasteiger partial charge in [-0.25, -0.2) is 4.39 Å². The van der Waals surface area contributed by atoms with Gasteiger partial charge in [0, 0.05) is 19.6 Å². The minimum absolute atomic E-state index is 0.134. The molecule has 0 saturated carbocycles. The predicted molar refractivity (Wildman–Crippen MR) is 121 cm³/mol. The van der Waals surface area contributed by atoms with Crippen molar-refractivity contribution in [3.8, 4) is 5.69 Å². The first-order chi connectivity index (χ1) is 15.0. The van der Waals surface area contributed by atoms with Crippen molar-refractivity contribution in [1.82, 2.24) is 20.1 Å². The number of nitrogens with one attached hydrogen (secondary N) is 1. The van der Waals surface area contributed by atoms with Gasteiger partial charge in [0.1, 0.15) is 5.82 Å². The summed E-state index contributed by atoms with van der Waals surface area (Å²) in [6.45, 7) is 3.99. The van der Waals surface area contributed by atoms with E-state index in [4.69, 9.17) is 11.6 Å². The molecule has 3 aromatic rings. The Hall–Kier alpha value is -2.58. The maximum absolute atomic E-state index is 13.1. The van der Waals surface area contributed by atoms with E-state index in [0.29, 0.717) is 16.7 Å². The lowest BCUT2D eigenvalue weighted by molar-refractivity contribution is -0.120. The summed E-state index contributed by atoms with van der Waals surface area (Å²) in [6, 6.07) is 13.6. The average molecular weight is 460 g/mol. The molecule has 162 valence electrons. The number of hydrogen-bond acceptors (Lipinski definition) is 5. The Bertz CT molecular complexity index is 1050. The van der Waals surface area contributed by atoms with Crippen molar-refractivity contribution in [2.45, 2.75) is 36.7 Å². The Kier molecular flexibility index (Phi) is 6.77. The summed E-state index contributed by atoms with van der Waals surface area (Å²) in [5.74, 6) is 0.310. The van der Waals surface area contributed by atoms with Gasteiger partial charge in [-0.3, -0.25) is 9.36 Å². The van der Waals surface area contributed by atoms with Gasteiger partial charge in [-0.05, 0) is 49.6 Å². The average Bonchev–Trinajstić information content (AvgIpc) is 3.43. The maximum atomic E-state index is 13.1. The lowest BCUT2D eigenvalue weighted by Crippen LogP contribution is -2.30. The third-order valence-corrected chi connectivity index (χ3v) is 6.49. The molecule has 2 heterocycles. The molecule has 1 saturated heterocycles. The minimum atomic E-state index is -0.405. The topological polar surface area (TPSA) is 63.1 Å². The summed E-state index contributed by atoms with van der Waals surface area (Å²) < 4.78 is 15.0. The third kappa shape index (κ3) is 5.02. The lowest BCUT2D eigenvalue weighted by Gasteiger charge is -2.19. The maximum Gasteiger partial charge on any atom is 0.233 e. The zero-order valence-corrected chi connectivity index (χ0v) is 18.7. The van der Waals surface area contributed by atoms with Crippen LogP contribution in [-0.2, 0) is 11.3 Å². The minimum Gasteiger partial charge on any atom is -0.351 e. The second-order valence-electron chi connectivity index (χ2n) is 7.37. The predicted octanol–water partition coefficient (Wildman–Crippen LogP) is 4.46. The Labute approximate surface area is 189 Å². The molecule has 1 atom stereocenters. The molecule has 0 radical (unpaired) electrons. The Morgan fingerprint density at radius 2 is 1.87 bits per heavy atom. The number of halogens is 2. The van der Waals surface area contributed by atoms with E-state index in [0.717, 1.165) is 43.1 Å². The fourth-order valence-corrected chi connectivity index (χ4v) is 4.55. The highest BCUT2D eigenvalue weighted by molar-refractivity contribution is 8.00. The van der Waals surface area contributed by atoms with Gasteiger partial charge in [0.25, 0.3) is 0 Å². The molecule has 1 unspecified atom stereocenters. The van der Waals surface area contributed by atoms with Gasteiger partial charge >= 0.3 is 0 Å². The van der Waals surface area contributed by atoms with Crippen LogP contribution in [0.3, 0.4) is 0 Å². The number of nitrogens with zero attached hydrogens (tertiary/aromatic N) is 4. The van der Waals surface area contributed by atoms with Crippen LogP contribution in [-0.4, -0.2) is 39.0 Å². The first-order valence-electron chi connectivity index (χ1n) is 10.2. The molecule has 1 amide bonds. The van der Waals surface area contributed by atoms with Crippen LogP contribution in [0.5, 0.6) is 0 Å². The Morgan fingerprint density at radius 3 is 2.58 bits per heavy atom. The van der Waals surface area contributed by atoms with E-state index in [9.17, 15) is 9.18 Å². The van der Waals surface area contributed by atoms with Gasteiger partial charge < -0.3 is 10.2 Å².